The number of aromatic nitrogens is 1. The molecule has 0 saturated carbocycles. The average Bonchev–Trinajstić information content (AvgIpc) is 2.62. The second-order valence-electron chi connectivity index (χ2n) is 5.14. The standard InChI is InChI=1S/C12H21NO3S2/c1-4-5-11-13-10(8-17-11)9-18(15,16)7-6-12(2,3)14/h8,14H,4-7,9H2,1-3H3. The van der Waals surface area contributed by atoms with Gasteiger partial charge in [-0.2, -0.15) is 0 Å². The molecule has 6 heteroatoms. The van der Waals surface area contributed by atoms with Crippen molar-refractivity contribution in [1.29, 1.82) is 0 Å². The number of sulfone groups is 1. The fourth-order valence-corrected chi connectivity index (χ4v) is 4.01. The zero-order chi connectivity index (χ0) is 13.8. The molecule has 0 aliphatic heterocycles. The van der Waals surface area contributed by atoms with E-state index < -0.39 is 15.4 Å². The molecule has 4 nitrogen and oxygen atoms in total. The molecule has 1 aromatic rings. The van der Waals surface area contributed by atoms with Gasteiger partial charge in [0, 0.05) is 5.38 Å². The molecule has 1 rings (SSSR count). The lowest BCUT2D eigenvalue weighted by Gasteiger charge is -2.16. The van der Waals surface area contributed by atoms with Crippen molar-refractivity contribution in [2.75, 3.05) is 5.75 Å². The zero-order valence-electron chi connectivity index (χ0n) is 11.1. The quantitative estimate of drug-likeness (QED) is 0.836. The van der Waals surface area contributed by atoms with Crippen LogP contribution in [0.25, 0.3) is 0 Å². The summed E-state index contributed by atoms with van der Waals surface area (Å²) in [5, 5.41) is 12.3. The molecule has 0 saturated heterocycles. The van der Waals surface area contributed by atoms with Gasteiger partial charge in [0.1, 0.15) is 0 Å². The molecule has 0 aromatic carbocycles. The zero-order valence-corrected chi connectivity index (χ0v) is 12.8. The molecular weight excluding hydrogens is 270 g/mol. The van der Waals surface area contributed by atoms with Crippen LogP contribution >= 0.6 is 11.3 Å². The molecule has 0 bridgehead atoms. The Hall–Kier alpha value is -0.460. The first-order valence-corrected chi connectivity index (χ1v) is 8.78. The Morgan fingerprint density at radius 1 is 1.44 bits per heavy atom. The van der Waals surface area contributed by atoms with Gasteiger partial charge in [0.2, 0.25) is 0 Å². The maximum atomic E-state index is 11.9. The first-order chi connectivity index (χ1) is 8.22. The molecule has 0 amide bonds. The van der Waals surface area contributed by atoms with Crippen molar-refractivity contribution < 1.29 is 13.5 Å². The fraction of sp³-hybridized carbons (Fsp3) is 0.750. The molecule has 0 fully saturated rings. The van der Waals surface area contributed by atoms with Gasteiger partial charge in [-0.3, -0.25) is 0 Å². The number of aryl methyl sites for hydroxylation is 1. The van der Waals surface area contributed by atoms with Crippen molar-refractivity contribution in [3.63, 3.8) is 0 Å². The van der Waals surface area contributed by atoms with Crippen LogP contribution in [-0.2, 0) is 22.0 Å². The molecule has 1 heterocycles. The van der Waals surface area contributed by atoms with Crippen molar-refractivity contribution in [3.05, 3.63) is 16.1 Å². The molecule has 0 aliphatic rings. The molecule has 0 atom stereocenters. The highest BCUT2D eigenvalue weighted by atomic mass is 32.2. The number of aliphatic hydroxyl groups is 1. The van der Waals surface area contributed by atoms with Crippen LogP contribution in [0.15, 0.2) is 5.38 Å². The Labute approximate surface area is 113 Å². The molecule has 0 aliphatic carbocycles. The molecule has 0 unspecified atom stereocenters. The number of nitrogens with zero attached hydrogens (tertiary/aromatic N) is 1. The van der Waals surface area contributed by atoms with E-state index in [0.29, 0.717) is 5.69 Å². The summed E-state index contributed by atoms with van der Waals surface area (Å²) in [5.41, 5.74) is -0.318. The van der Waals surface area contributed by atoms with Gasteiger partial charge in [-0.05, 0) is 33.1 Å². The summed E-state index contributed by atoms with van der Waals surface area (Å²) in [7, 11) is -3.19. The average molecular weight is 291 g/mol. The van der Waals surface area contributed by atoms with Gasteiger partial charge in [0.05, 0.1) is 27.8 Å². The van der Waals surface area contributed by atoms with Crippen LogP contribution in [0.5, 0.6) is 0 Å². The molecule has 0 radical (unpaired) electrons. The van der Waals surface area contributed by atoms with E-state index in [2.05, 4.69) is 11.9 Å². The SMILES string of the molecule is CCCc1nc(CS(=O)(=O)CCC(C)(C)O)cs1. The maximum Gasteiger partial charge on any atom is 0.156 e. The van der Waals surface area contributed by atoms with Crippen molar-refractivity contribution in [1.82, 2.24) is 4.98 Å². The van der Waals surface area contributed by atoms with E-state index in [-0.39, 0.29) is 17.9 Å². The second kappa shape index (κ2) is 6.12. The van der Waals surface area contributed by atoms with Gasteiger partial charge in [-0.25, -0.2) is 13.4 Å². The predicted octanol–water partition coefficient (Wildman–Crippen LogP) is 2.17. The highest BCUT2D eigenvalue weighted by molar-refractivity contribution is 7.90. The predicted molar refractivity (Wildman–Crippen MR) is 74.5 cm³/mol. The summed E-state index contributed by atoms with van der Waals surface area (Å²) < 4.78 is 23.7. The van der Waals surface area contributed by atoms with Crippen LogP contribution in [-0.4, -0.2) is 29.9 Å². The summed E-state index contributed by atoms with van der Waals surface area (Å²) in [6, 6.07) is 0. The molecule has 18 heavy (non-hydrogen) atoms. The Morgan fingerprint density at radius 2 is 2.11 bits per heavy atom. The largest absolute Gasteiger partial charge is 0.390 e. The lowest BCUT2D eigenvalue weighted by molar-refractivity contribution is 0.0772. The normalized spacial score (nSPS) is 12.9. The van der Waals surface area contributed by atoms with Crippen LogP contribution in [0.2, 0.25) is 0 Å². The van der Waals surface area contributed by atoms with Crippen LogP contribution in [0.4, 0.5) is 0 Å². The van der Waals surface area contributed by atoms with Gasteiger partial charge < -0.3 is 5.11 Å². The number of hydrogen-bond donors (Lipinski definition) is 1. The van der Waals surface area contributed by atoms with E-state index in [1.165, 1.54) is 11.3 Å². The van der Waals surface area contributed by atoms with Crippen LogP contribution < -0.4 is 0 Å². The van der Waals surface area contributed by atoms with Crippen molar-refractivity contribution >= 4 is 21.2 Å². The lowest BCUT2D eigenvalue weighted by atomic mass is 10.1. The number of thiazole rings is 1. The Balaban J connectivity index is 2.59. The van der Waals surface area contributed by atoms with Crippen LogP contribution in [0.3, 0.4) is 0 Å². The fourth-order valence-electron chi connectivity index (χ4n) is 1.45. The summed E-state index contributed by atoms with van der Waals surface area (Å²) in [5.74, 6) is -0.0273. The first kappa shape index (κ1) is 15.6. The summed E-state index contributed by atoms with van der Waals surface area (Å²) in [6.07, 6.45) is 2.16. The molecule has 1 N–H and O–H groups in total. The molecular formula is C12H21NO3S2. The summed E-state index contributed by atoms with van der Waals surface area (Å²) in [6.45, 7) is 5.30. The highest BCUT2D eigenvalue weighted by Gasteiger charge is 2.20. The first-order valence-electron chi connectivity index (χ1n) is 6.08. The van der Waals surface area contributed by atoms with Crippen molar-refractivity contribution in [3.8, 4) is 0 Å². The Kier molecular flexibility index (Phi) is 5.31. The summed E-state index contributed by atoms with van der Waals surface area (Å²) >= 11 is 1.51. The van der Waals surface area contributed by atoms with Crippen LogP contribution in [0.1, 0.15) is 44.3 Å². The van der Waals surface area contributed by atoms with Crippen molar-refractivity contribution in [2.45, 2.75) is 51.4 Å². The van der Waals surface area contributed by atoms with E-state index in [9.17, 15) is 13.5 Å². The van der Waals surface area contributed by atoms with Gasteiger partial charge in [-0.15, -0.1) is 11.3 Å². The smallest absolute Gasteiger partial charge is 0.156 e. The minimum absolute atomic E-state index is 0.00284. The minimum Gasteiger partial charge on any atom is -0.390 e. The van der Waals surface area contributed by atoms with E-state index in [0.717, 1.165) is 17.8 Å². The van der Waals surface area contributed by atoms with E-state index >= 15 is 0 Å². The topological polar surface area (TPSA) is 67.3 Å². The summed E-state index contributed by atoms with van der Waals surface area (Å²) in [4.78, 5) is 4.31. The number of rotatable bonds is 7. The highest BCUT2D eigenvalue weighted by Crippen LogP contribution is 2.16. The molecule has 1 aromatic heterocycles. The third kappa shape index (κ3) is 5.93. The van der Waals surface area contributed by atoms with Gasteiger partial charge in [0.25, 0.3) is 0 Å². The monoisotopic (exact) mass is 291 g/mol. The Morgan fingerprint density at radius 3 is 2.67 bits per heavy atom. The molecule has 104 valence electrons. The van der Waals surface area contributed by atoms with E-state index in [1.807, 2.05) is 5.38 Å². The second-order valence-corrected chi connectivity index (χ2v) is 8.26. The maximum absolute atomic E-state index is 11.9. The third-order valence-corrected chi connectivity index (χ3v) is 4.97. The van der Waals surface area contributed by atoms with Gasteiger partial charge >= 0.3 is 0 Å². The van der Waals surface area contributed by atoms with Gasteiger partial charge in [0.15, 0.2) is 9.84 Å². The van der Waals surface area contributed by atoms with Crippen molar-refractivity contribution in [2.24, 2.45) is 0 Å². The van der Waals surface area contributed by atoms with Crippen LogP contribution in [0, 0.1) is 0 Å². The van der Waals surface area contributed by atoms with E-state index in [4.69, 9.17) is 0 Å². The number of hydrogen-bond acceptors (Lipinski definition) is 5. The third-order valence-electron chi connectivity index (χ3n) is 2.46. The van der Waals surface area contributed by atoms with E-state index in [1.54, 1.807) is 13.8 Å². The Bertz CT molecular complexity index is 472. The van der Waals surface area contributed by atoms with Gasteiger partial charge in [-0.1, -0.05) is 6.92 Å². The lowest BCUT2D eigenvalue weighted by Crippen LogP contribution is -2.24. The minimum atomic E-state index is -3.19. The molecule has 0 spiro atoms.